The summed E-state index contributed by atoms with van der Waals surface area (Å²) in [6, 6.07) is 15.0. The molecule has 0 unspecified atom stereocenters. The topological polar surface area (TPSA) is 92.6 Å². The Hall–Kier alpha value is -3.95. The summed E-state index contributed by atoms with van der Waals surface area (Å²) in [6.45, 7) is 2.02. The van der Waals surface area contributed by atoms with Crippen LogP contribution in [0.2, 0.25) is 5.02 Å². The molecule has 3 heterocycles. The molecule has 1 saturated heterocycles. The lowest BCUT2D eigenvalue weighted by molar-refractivity contribution is 0.0564. The van der Waals surface area contributed by atoms with Gasteiger partial charge in [0.1, 0.15) is 0 Å². The van der Waals surface area contributed by atoms with Gasteiger partial charge >= 0.3 is 6.03 Å². The minimum Gasteiger partial charge on any atom is -0.378 e. The molecule has 4 aromatic rings. The van der Waals surface area contributed by atoms with E-state index in [1.54, 1.807) is 42.0 Å². The highest BCUT2D eigenvalue weighted by molar-refractivity contribution is 6.30. The molecule has 38 heavy (non-hydrogen) atoms. The Balaban J connectivity index is 1.50. The molecule has 1 fully saturated rings. The number of hydrogen-bond donors (Lipinski definition) is 1. The average molecular weight is 533 g/mol. The third kappa shape index (κ3) is 5.34. The molecule has 0 aliphatic carbocycles. The van der Waals surface area contributed by atoms with Crippen molar-refractivity contribution in [2.45, 2.75) is 6.42 Å². The molecule has 0 radical (unpaired) electrons. The number of hydrogen-bond acceptors (Lipinski definition) is 5. The van der Waals surface area contributed by atoms with Crippen molar-refractivity contribution in [2.24, 2.45) is 7.05 Å². The minimum absolute atomic E-state index is 0.207. The van der Waals surface area contributed by atoms with Gasteiger partial charge in [-0.15, -0.1) is 0 Å². The molecule has 1 N–H and O–H groups in total. The number of amides is 3. The number of aryl methyl sites for hydroxylation is 1. The number of benzene rings is 2. The standard InChI is InChI=1S/C28H29ClN6O3/c1-33(2)27(36)23-15-19(7-8-24(23)31-28(37)35-9-11-38-12-10-35)20-16-22-25(32-34(3)26(22)30-17-20)14-18-5-4-6-21(29)13-18/h4-8,13,15-17H,9-12,14H2,1-3H3,(H,31,37). The first-order chi connectivity index (χ1) is 18.3. The zero-order chi connectivity index (χ0) is 26.8. The van der Waals surface area contributed by atoms with E-state index in [1.165, 1.54) is 4.90 Å². The summed E-state index contributed by atoms with van der Waals surface area (Å²) in [4.78, 5) is 33.8. The summed E-state index contributed by atoms with van der Waals surface area (Å²) in [5.41, 5.74) is 5.23. The van der Waals surface area contributed by atoms with Crippen LogP contribution in [0, 0.1) is 0 Å². The van der Waals surface area contributed by atoms with E-state index in [1.807, 2.05) is 43.4 Å². The number of ether oxygens (including phenoxy) is 1. The van der Waals surface area contributed by atoms with Crippen LogP contribution in [0.1, 0.15) is 21.6 Å². The summed E-state index contributed by atoms with van der Waals surface area (Å²) < 4.78 is 7.10. The van der Waals surface area contributed by atoms with E-state index in [4.69, 9.17) is 21.4 Å². The lowest BCUT2D eigenvalue weighted by atomic mass is 10.0. The molecule has 10 heteroatoms. The summed E-state index contributed by atoms with van der Waals surface area (Å²) >= 11 is 6.19. The third-order valence-electron chi connectivity index (χ3n) is 6.54. The molecule has 5 rings (SSSR count). The minimum atomic E-state index is -0.252. The van der Waals surface area contributed by atoms with Gasteiger partial charge in [-0.3, -0.25) is 9.48 Å². The van der Waals surface area contributed by atoms with Gasteiger partial charge in [-0.1, -0.05) is 29.8 Å². The van der Waals surface area contributed by atoms with Gasteiger partial charge < -0.3 is 19.9 Å². The molecule has 0 spiro atoms. The maximum Gasteiger partial charge on any atom is 0.322 e. The van der Waals surface area contributed by atoms with E-state index < -0.39 is 0 Å². The average Bonchev–Trinajstić information content (AvgIpc) is 3.23. The zero-order valence-corrected chi connectivity index (χ0v) is 22.3. The second-order valence-electron chi connectivity index (χ2n) is 9.46. The van der Waals surface area contributed by atoms with Gasteiger partial charge in [0.05, 0.1) is 30.2 Å². The molecule has 0 saturated carbocycles. The molecule has 1 aliphatic rings. The van der Waals surface area contributed by atoms with Crippen molar-refractivity contribution in [3.05, 3.63) is 76.6 Å². The molecule has 3 amide bonds. The Morgan fingerprint density at radius 2 is 1.87 bits per heavy atom. The van der Waals surface area contributed by atoms with E-state index >= 15 is 0 Å². The highest BCUT2D eigenvalue weighted by atomic mass is 35.5. The highest BCUT2D eigenvalue weighted by Gasteiger charge is 2.21. The Bertz CT molecular complexity index is 1510. The van der Waals surface area contributed by atoms with Crippen molar-refractivity contribution in [1.29, 1.82) is 0 Å². The first-order valence-corrected chi connectivity index (χ1v) is 12.7. The Morgan fingerprint density at radius 3 is 2.61 bits per heavy atom. The molecule has 1 aliphatic heterocycles. The van der Waals surface area contributed by atoms with Crippen molar-refractivity contribution in [3.8, 4) is 11.1 Å². The smallest absolute Gasteiger partial charge is 0.322 e. The highest BCUT2D eigenvalue weighted by Crippen LogP contribution is 2.30. The van der Waals surface area contributed by atoms with Gasteiger partial charge in [0.15, 0.2) is 5.65 Å². The number of nitrogens with zero attached hydrogens (tertiary/aromatic N) is 5. The Morgan fingerprint density at radius 1 is 1.08 bits per heavy atom. The van der Waals surface area contributed by atoms with E-state index in [9.17, 15) is 9.59 Å². The lowest BCUT2D eigenvalue weighted by Gasteiger charge is -2.27. The van der Waals surface area contributed by atoms with Crippen molar-refractivity contribution in [2.75, 3.05) is 45.7 Å². The molecule has 2 aromatic carbocycles. The molecule has 2 aromatic heterocycles. The SMILES string of the molecule is CN(C)C(=O)c1cc(-c2cnc3c(c2)c(Cc2cccc(Cl)c2)nn3C)ccc1NC(=O)N1CCOCC1. The van der Waals surface area contributed by atoms with Crippen molar-refractivity contribution in [1.82, 2.24) is 24.6 Å². The Kier molecular flexibility index (Phi) is 7.31. The number of urea groups is 1. The van der Waals surface area contributed by atoms with Crippen molar-refractivity contribution >= 4 is 40.3 Å². The van der Waals surface area contributed by atoms with Crippen LogP contribution in [-0.2, 0) is 18.2 Å². The van der Waals surface area contributed by atoms with Gasteiger partial charge in [0.25, 0.3) is 5.91 Å². The van der Waals surface area contributed by atoms with Crippen LogP contribution in [0.3, 0.4) is 0 Å². The normalized spacial score (nSPS) is 13.5. The lowest BCUT2D eigenvalue weighted by Crippen LogP contribution is -2.43. The number of fused-ring (bicyclic) bond motifs is 1. The number of halogens is 1. The fourth-order valence-corrected chi connectivity index (χ4v) is 4.76. The number of carbonyl (C=O) groups is 2. The summed E-state index contributed by atoms with van der Waals surface area (Å²) in [6.07, 6.45) is 2.39. The predicted molar refractivity (Wildman–Crippen MR) is 148 cm³/mol. The summed E-state index contributed by atoms with van der Waals surface area (Å²) in [5, 5.41) is 9.22. The molecule has 0 bridgehead atoms. The number of anilines is 1. The number of aromatic nitrogens is 3. The monoisotopic (exact) mass is 532 g/mol. The maximum atomic E-state index is 13.1. The first kappa shape index (κ1) is 25.7. The largest absolute Gasteiger partial charge is 0.378 e. The van der Waals surface area contributed by atoms with E-state index in [0.717, 1.165) is 33.4 Å². The third-order valence-corrected chi connectivity index (χ3v) is 6.78. The van der Waals surface area contributed by atoms with Crippen LogP contribution in [0.4, 0.5) is 10.5 Å². The number of rotatable bonds is 5. The van der Waals surface area contributed by atoms with Gasteiger partial charge in [-0.2, -0.15) is 5.10 Å². The molecule has 9 nitrogen and oxygen atoms in total. The first-order valence-electron chi connectivity index (χ1n) is 12.4. The summed E-state index contributed by atoms with van der Waals surface area (Å²) in [5.74, 6) is -0.207. The van der Waals surface area contributed by atoms with Crippen LogP contribution in [0.5, 0.6) is 0 Å². The van der Waals surface area contributed by atoms with Gasteiger partial charge in [0, 0.05) is 62.8 Å². The second-order valence-corrected chi connectivity index (χ2v) is 9.90. The van der Waals surface area contributed by atoms with Crippen LogP contribution in [0.25, 0.3) is 22.2 Å². The Labute approximate surface area is 226 Å². The summed E-state index contributed by atoms with van der Waals surface area (Å²) in [7, 11) is 5.25. The molecule has 0 atom stereocenters. The number of carbonyl (C=O) groups excluding carboxylic acids is 2. The van der Waals surface area contributed by atoms with Crippen LogP contribution >= 0.6 is 11.6 Å². The van der Waals surface area contributed by atoms with E-state index in [0.29, 0.717) is 49.0 Å². The molecular formula is C28H29ClN6O3. The van der Waals surface area contributed by atoms with Crippen molar-refractivity contribution < 1.29 is 14.3 Å². The zero-order valence-electron chi connectivity index (χ0n) is 21.6. The number of nitrogens with one attached hydrogen (secondary N) is 1. The van der Waals surface area contributed by atoms with Gasteiger partial charge in [0.2, 0.25) is 0 Å². The van der Waals surface area contributed by atoms with Crippen LogP contribution in [-0.4, -0.2) is 76.9 Å². The fourth-order valence-electron chi connectivity index (χ4n) is 4.55. The fraction of sp³-hybridized carbons (Fsp3) is 0.286. The quantitative estimate of drug-likeness (QED) is 0.410. The molecular weight excluding hydrogens is 504 g/mol. The second kappa shape index (κ2) is 10.8. The molecule has 196 valence electrons. The van der Waals surface area contributed by atoms with Crippen LogP contribution in [0.15, 0.2) is 54.7 Å². The predicted octanol–water partition coefficient (Wildman–Crippen LogP) is 4.45. The van der Waals surface area contributed by atoms with E-state index in [-0.39, 0.29) is 11.9 Å². The van der Waals surface area contributed by atoms with Gasteiger partial charge in [-0.25, -0.2) is 9.78 Å². The van der Waals surface area contributed by atoms with Crippen molar-refractivity contribution in [3.63, 3.8) is 0 Å². The number of morpholine rings is 1. The van der Waals surface area contributed by atoms with Gasteiger partial charge in [-0.05, 0) is 41.5 Å². The van der Waals surface area contributed by atoms with Crippen LogP contribution < -0.4 is 5.32 Å². The van der Waals surface area contributed by atoms with E-state index in [2.05, 4.69) is 10.3 Å². The number of pyridine rings is 1. The maximum absolute atomic E-state index is 13.1.